The summed E-state index contributed by atoms with van der Waals surface area (Å²) in [6.07, 6.45) is 13.3. The molecule has 0 aromatic rings. The van der Waals surface area contributed by atoms with E-state index in [0.29, 0.717) is 24.7 Å². The van der Waals surface area contributed by atoms with E-state index >= 15 is 0 Å². The van der Waals surface area contributed by atoms with Gasteiger partial charge in [0.15, 0.2) is 0 Å². The van der Waals surface area contributed by atoms with Crippen LogP contribution in [0.4, 0.5) is 0 Å². The van der Waals surface area contributed by atoms with Crippen LogP contribution in [0.2, 0.25) is 0 Å². The Hall–Kier alpha value is -0.570. The molecule has 0 aromatic heterocycles. The van der Waals surface area contributed by atoms with Crippen molar-refractivity contribution >= 4 is 22.8 Å². The number of carbonyl (C=O) groups excluding carboxylic acids is 1. The molecule has 0 spiro atoms. The van der Waals surface area contributed by atoms with Crippen LogP contribution in [0.3, 0.4) is 0 Å². The van der Waals surface area contributed by atoms with E-state index in [4.69, 9.17) is 16.7 Å². The van der Waals surface area contributed by atoms with Crippen molar-refractivity contribution in [2.45, 2.75) is 77.0 Å². The highest BCUT2D eigenvalue weighted by atomic mass is 35.5. The average Bonchev–Trinajstić information content (AvgIpc) is 2.40. The molecule has 0 bridgehead atoms. The lowest BCUT2D eigenvalue weighted by Gasteiger charge is -2.19. The smallest absolute Gasteiger partial charge is 0.303 e. The summed E-state index contributed by atoms with van der Waals surface area (Å²) in [5, 5.41) is 8.31. The van der Waals surface area contributed by atoms with Crippen LogP contribution in [0.1, 0.15) is 77.0 Å². The molecule has 2 saturated carbocycles. The molecule has 4 heteroatoms. The second kappa shape index (κ2) is 10.2. The van der Waals surface area contributed by atoms with Crippen LogP contribution < -0.4 is 0 Å². The van der Waals surface area contributed by atoms with Gasteiger partial charge in [-0.25, -0.2) is 0 Å². The summed E-state index contributed by atoms with van der Waals surface area (Å²) < 4.78 is 0. The molecule has 0 aliphatic heterocycles. The lowest BCUT2D eigenvalue weighted by atomic mass is 9.87. The standard InChI is InChI=1S/C8H13ClO.C8H14O2/c2*9-8(10)6-7-4-2-1-3-5-7/h7H,1-6H2;7H,1-6H2,(H,9,10). The van der Waals surface area contributed by atoms with Crippen LogP contribution in [0, 0.1) is 11.8 Å². The van der Waals surface area contributed by atoms with Crippen LogP contribution >= 0.6 is 11.6 Å². The van der Waals surface area contributed by atoms with Crippen molar-refractivity contribution in [2.24, 2.45) is 11.8 Å². The molecule has 0 amide bonds. The largest absolute Gasteiger partial charge is 0.481 e. The number of carbonyl (C=O) groups is 2. The first-order valence-corrected chi connectivity index (χ1v) is 8.36. The summed E-state index contributed by atoms with van der Waals surface area (Å²) >= 11 is 5.27. The molecule has 3 nitrogen and oxygen atoms in total. The highest BCUT2D eigenvalue weighted by molar-refractivity contribution is 6.63. The second-order valence-corrected chi connectivity index (χ2v) is 6.59. The molecule has 2 aliphatic carbocycles. The summed E-state index contributed by atoms with van der Waals surface area (Å²) in [6.45, 7) is 0. The van der Waals surface area contributed by atoms with E-state index < -0.39 is 5.97 Å². The molecule has 2 aliphatic rings. The fourth-order valence-corrected chi connectivity index (χ4v) is 3.47. The third-order valence-corrected chi connectivity index (χ3v) is 4.52. The number of carboxylic acids is 1. The minimum absolute atomic E-state index is 0.160. The number of carboxylic acid groups (broad SMARTS) is 1. The van der Waals surface area contributed by atoms with E-state index in [1.54, 1.807) is 0 Å². The van der Waals surface area contributed by atoms with Crippen LogP contribution in [0.25, 0.3) is 0 Å². The van der Waals surface area contributed by atoms with Crippen LogP contribution in [-0.4, -0.2) is 16.3 Å². The number of rotatable bonds is 4. The molecule has 2 fully saturated rings. The highest BCUT2D eigenvalue weighted by Gasteiger charge is 2.16. The Morgan fingerprint density at radius 3 is 1.55 bits per heavy atom. The minimum atomic E-state index is -0.632. The zero-order valence-corrected chi connectivity index (χ0v) is 13.0. The van der Waals surface area contributed by atoms with Gasteiger partial charge in [0.2, 0.25) is 5.24 Å². The Balaban J connectivity index is 0.000000200. The molecule has 0 radical (unpaired) electrons. The van der Waals surface area contributed by atoms with Gasteiger partial charge in [-0.1, -0.05) is 38.5 Å². The Morgan fingerprint density at radius 2 is 1.20 bits per heavy atom. The van der Waals surface area contributed by atoms with Crippen molar-refractivity contribution in [3.8, 4) is 0 Å². The van der Waals surface area contributed by atoms with Gasteiger partial charge in [0.25, 0.3) is 0 Å². The molecule has 0 unspecified atom stereocenters. The summed E-state index contributed by atoms with van der Waals surface area (Å²) in [6, 6.07) is 0. The first-order valence-electron chi connectivity index (χ1n) is 7.98. The van der Waals surface area contributed by atoms with Crippen molar-refractivity contribution < 1.29 is 14.7 Å². The van der Waals surface area contributed by atoms with Crippen LogP contribution in [0.5, 0.6) is 0 Å². The molecule has 0 atom stereocenters. The van der Waals surface area contributed by atoms with Crippen molar-refractivity contribution in [1.29, 1.82) is 0 Å². The lowest BCUT2D eigenvalue weighted by Crippen LogP contribution is -2.10. The van der Waals surface area contributed by atoms with Crippen molar-refractivity contribution in [3.63, 3.8) is 0 Å². The summed E-state index contributed by atoms with van der Waals surface area (Å²) in [5.41, 5.74) is 0. The molecular weight excluding hydrogens is 276 g/mol. The quantitative estimate of drug-likeness (QED) is 0.761. The predicted molar refractivity (Wildman–Crippen MR) is 80.9 cm³/mol. The Labute approximate surface area is 127 Å². The average molecular weight is 303 g/mol. The van der Waals surface area contributed by atoms with Gasteiger partial charge in [-0.15, -0.1) is 0 Å². The van der Waals surface area contributed by atoms with Gasteiger partial charge in [-0.05, 0) is 49.1 Å². The van der Waals surface area contributed by atoms with Gasteiger partial charge >= 0.3 is 5.97 Å². The Bertz CT molecular complexity index is 262. The van der Waals surface area contributed by atoms with Gasteiger partial charge in [-0.2, -0.15) is 0 Å². The van der Waals surface area contributed by atoms with Gasteiger partial charge in [0.05, 0.1) is 0 Å². The Kier molecular flexibility index (Phi) is 8.92. The van der Waals surface area contributed by atoms with Gasteiger partial charge in [0, 0.05) is 12.8 Å². The molecule has 20 heavy (non-hydrogen) atoms. The predicted octanol–water partition coefficient (Wildman–Crippen LogP) is 4.76. The van der Waals surface area contributed by atoms with E-state index in [-0.39, 0.29) is 5.24 Å². The summed E-state index contributed by atoms with van der Waals surface area (Å²) in [5.74, 6) is 0.442. The van der Waals surface area contributed by atoms with Gasteiger partial charge in [0.1, 0.15) is 0 Å². The fraction of sp³-hybridized carbons (Fsp3) is 0.875. The van der Waals surface area contributed by atoms with Crippen LogP contribution in [0.15, 0.2) is 0 Å². The molecule has 116 valence electrons. The van der Waals surface area contributed by atoms with E-state index in [1.165, 1.54) is 51.4 Å². The van der Waals surface area contributed by atoms with E-state index in [9.17, 15) is 9.59 Å². The number of hydrogen-bond acceptors (Lipinski definition) is 2. The van der Waals surface area contributed by atoms with Crippen molar-refractivity contribution in [1.82, 2.24) is 0 Å². The number of halogens is 1. The third kappa shape index (κ3) is 8.57. The van der Waals surface area contributed by atoms with Gasteiger partial charge < -0.3 is 5.11 Å². The molecular formula is C16H27ClO3. The molecule has 0 aromatic carbocycles. The van der Waals surface area contributed by atoms with Gasteiger partial charge in [-0.3, -0.25) is 9.59 Å². The fourth-order valence-electron chi connectivity index (χ4n) is 3.26. The second-order valence-electron chi connectivity index (χ2n) is 6.17. The molecule has 0 heterocycles. The summed E-state index contributed by atoms with van der Waals surface area (Å²) in [7, 11) is 0. The third-order valence-electron chi connectivity index (χ3n) is 4.36. The van der Waals surface area contributed by atoms with Crippen molar-refractivity contribution in [2.75, 3.05) is 0 Å². The maximum atomic E-state index is 10.5. The van der Waals surface area contributed by atoms with E-state index in [1.807, 2.05) is 0 Å². The minimum Gasteiger partial charge on any atom is -0.481 e. The summed E-state index contributed by atoms with van der Waals surface area (Å²) in [4.78, 5) is 20.7. The van der Waals surface area contributed by atoms with Crippen LogP contribution in [-0.2, 0) is 9.59 Å². The number of aliphatic carboxylic acids is 1. The maximum absolute atomic E-state index is 10.5. The molecule has 1 N–H and O–H groups in total. The molecule has 2 rings (SSSR count). The number of hydrogen-bond donors (Lipinski definition) is 1. The normalized spacial score (nSPS) is 20.9. The zero-order valence-electron chi connectivity index (χ0n) is 12.3. The Morgan fingerprint density at radius 1 is 0.800 bits per heavy atom. The lowest BCUT2D eigenvalue weighted by molar-refractivity contribution is -0.138. The molecule has 0 saturated heterocycles. The first kappa shape index (κ1) is 17.5. The van der Waals surface area contributed by atoms with Crippen molar-refractivity contribution in [3.05, 3.63) is 0 Å². The topological polar surface area (TPSA) is 54.4 Å². The van der Waals surface area contributed by atoms with E-state index in [2.05, 4.69) is 0 Å². The maximum Gasteiger partial charge on any atom is 0.303 e. The van der Waals surface area contributed by atoms with E-state index in [0.717, 1.165) is 12.8 Å². The monoisotopic (exact) mass is 302 g/mol. The highest BCUT2D eigenvalue weighted by Crippen LogP contribution is 2.27. The zero-order chi connectivity index (χ0) is 14.8. The first-order chi connectivity index (χ1) is 9.58. The SMILES string of the molecule is O=C(Cl)CC1CCCCC1.O=C(O)CC1CCCCC1.